The van der Waals surface area contributed by atoms with E-state index < -0.39 is 17.9 Å². The molecule has 6 heteroatoms. The molecule has 0 spiro atoms. The molecule has 0 aliphatic heterocycles. The minimum atomic E-state index is -4.15. The molecular formula is C13H14ClF4N. The van der Waals surface area contributed by atoms with Crippen LogP contribution in [0.1, 0.15) is 25.7 Å². The van der Waals surface area contributed by atoms with Gasteiger partial charge in [0.25, 0.3) is 0 Å². The number of nitrogens with one attached hydrogen (secondary N) is 1. The van der Waals surface area contributed by atoms with E-state index in [1.54, 1.807) is 0 Å². The Balaban J connectivity index is 2.02. The largest absolute Gasteiger partial charge is 0.391 e. The molecule has 1 N–H and O–H groups in total. The molecule has 0 bridgehead atoms. The summed E-state index contributed by atoms with van der Waals surface area (Å²) in [5.74, 6) is -1.78. The second kappa shape index (κ2) is 5.57. The predicted octanol–water partition coefficient (Wildman–Crippen LogP) is 5.01. The van der Waals surface area contributed by atoms with Crippen LogP contribution < -0.4 is 5.32 Å². The van der Waals surface area contributed by atoms with Crippen LogP contribution in [0.25, 0.3) is 0 Å². The normalized spacial score (nSPS) is 24.3. The topological polar surface area (TPSA) is 12.0 Å². The van der Waals surface area contributed by atoms with Gasteiger partial charge in [0.05, 0.1) is 5.92 Å². The van der Waals surface area contributed by atoms with E-state index in [2.05, 4.69) is 5.32 Å². The van der Waals surface area contributed by atoms with Gasteiger partial charge in [-0.3, -0.25) is 0 Å². The Bertz CT molecular complexity index is 427. The molecule has 1 aliphatic carbocycles. The summed E-state index contributed by atoms with van der Waals surface area (Å²) in [6.45, 7) is 0. The molecule has 19 heavy (non-hydrogen) atoms. The molecule has 1 aliphatic rings. The number of rotatable bonds is 2. The van der Waals surface area contributed by atoms with Crippen molar-refractivity contribution in [3.8, 4) is 0 Å². The summed E-state index contributed by atoms with van der Waals surface area (Å²) in [5.41, 5.74) is 0.429. The van der Waals surface area contributed by atoms with Crippen molar-refractivity contribution >= 4 is 17.3 Å². The van der Waals surface area contributed by atoms with Crippen LogP contribution in [-0.2, 0) is 0 Å². The SMILES string of the molecule is Fc1cc(Cl)cc(NC2CCCC(C(F)(F)F)C2)c1. The quantitative estimate of drug-likeness (QED) is 0.756. The van der Waals surface area contributed by atoms with Crippen molar-refractivity contribution in [3.63, 3.8) is 0 Å². The maximum atomic E-state index is 13.1. The van der Waals surface area contributed by atoms with Gasteiger partial charge in [-0.15, -0.1) is 0 Å². The molecule has 1 aromatic carbocycles. The molecule has 1 aromatic rings. The summed E-state index contributed by atoms with van der Waals surface area (Å²) in [4.78, 5) is 0. The number of benzene rings is 1. The van der Waals surface area contributed by atoms with Gasteiger partial charge in [-0.05, 0) is 37.5 Å². The molecule has 2 unspecified atom stereocenters. The fourth-order valence-corrected chi connectivity index (χ4v) is 2.71. The Hall–Kier alpha value is -0.970. The zero-order chi connectivity index (χ0) is 14.0. The van der Waals surface area contributed by atoms with E-state index in [9.17, 15) is 17.6 Å². The van der Waals surface area contributed by atoms with Gasteiger partial charge in [-0.25, -0.2) is 4.39 Å². The first-order chi connectivity index (χ1) is 8.84. The van der Waals surface area contributed by atoms with Crippen LogP contribution in [-0.4, -0.2) is 12.2 Å². The third kappa shape index (κ3) is 4.00. The Morgan fingerprint density at radius 2 is 1.89 bits per heavy atom. The van der Waals surface area contributed by atoms with Crippen LogP contribution in [0.4, 0.5) is 23.2 Å². The summed E-state index contributed by atoms with van der Waals surface area (Å²) in [6, 6.07) is 3.62. The summed E-state index contributed by atoms with van der Waals surface area (Å²) < 4.78 is 51.2. The van der Waals surface area contributed by atoms with E-state index in [0.717, 1.165) is 6.07 Å². The second-order valence-electron chi connectivity index (χ2n) is 4.90. The second-order valence-corrected chi connectivity index (χ2v) is 5.34. The molecule has 2 rings (SSSR count). The summed E-state index contributed by atoms with van der Waals surface area (Å²) in [7, 11) is 0. The Morgan fingerprint density at radius 3 is 2.53 bits per heavy atom. The van der Waals surface area contributed by atoms with Crippen molar-refractivity contribution < 1.29 is 17.6 Å². The molecule has 2 atom stereocenters. The highest BCUT2D eigenvalue weighted by molar-refractivity contribution is 6.30. The Kier molecular flexibility index (Phi) is 4.23. The van der Waals surface area contributed by atoms with Gasteiger partial charge in [0, 0.05) is 16.8 Å². The highest BCUT2D eigenvalue weighted by atomic mass is 35.5. The van der Waals surface area contributed by atoms with Gasteiger partial charge < -0.3 is 5.32 Å². The fourth-order valence-electron chi connectivity index (χ4n) is 2.49. The molecule has 106 valence electrons. The minimum Gasteiger partial charge on any atom is -0.382 e. The lowest BCUT2D eigenvalue weighted by molar-refractivity contribution is -0.182. The van der Waals surface area contributed by atoms with Crippen LogP contribution in [0, 0.1) is 11.7 Å². The Morgan fingerprint density at radius 1 is 1.16 bits per heavy atom. The van der Waals surface area contributed by atoms with E-state index in [1.807, 2.05) is 0 Å². The van der Waals surface area contributed by atoms with Crippen LogP contribution in [0.3, 0.4) is 0 Å². The number of hydrogen-bond acceptors (Lipinski definition) is 1. The number of halogens is 5. The third-order valence-electron chi connectivity index (χ3n) is 3.37. The zero-order valence-electron chi connectivity index (χ0n) is 10.1. The molecule has 0 saturated heterocycles. The van der Waals surface area contributed by atoms with E-state index in [1.165, 1.54) is 12.1 Å². The highest BCUT2D eigenvalue weighted by Gasteiger charge is 2.42. The van der Waals surface area contributed by atoms with Crippen molar-refractivity contribution in [2.24, 2.45) is 5.92 Å². The van der Waals surface area contributed by atoms with Crippen molar-refractivity contribution in [2.75, 3.05) is 5.32 Å². The van der Waals surface area contributed by atoms with Crippen molar-refractivity contribution in [1.29, 1.82) is 0 Å². The van der Waals surface area contributed by atoms with Crippen LogP contribution >= 0.6 is 11.6 Å². The van der Waals surface area contributed by atoms with Gasteiger partial charge in [-0.2, -0.15) is 13.2 Å². The molecule has 0 amide bonds. The van der Waals surface area contributed by atoms with E-state index in [-0.39, 0.29) is 23.9 Å². The molecular weight excluding hydrogens is 282 g/mol. The monoisotopic (exact) mass is 295 g/mol. The van der Waals surface area contributed by atoms with Crippen molar-refractivity contribution in [2.45, 2.75) is 37.9 Å². The van der Waals surface area contributed by atoms with Gasteiger partial charge in [-0.1, -0.05) is 18.0 Å². The average Bonchev–Trinajstić information content (AvgIpc) is 2.26. The average molecular weight is 296 g/mol. The molecule has 1 nitrogen and oxygen atoms in total. The standard InChI is InChI=1S/C13H14ClF4N/c14-9-5-10(15)7-12(6-9)19-11-3-1-2-8(4-11)13(16,17)18/h5-8,11,19H,1-4H2. The lowest BCUT2D eigenvalue weighted by Gasteiger charge is -2.31. The number of anilines is 1. The lowest BCUT2D eigenvalue weighted by Crippen LogP contribution is -2.34. The molecule has 1 saturated carbocycles. The molecule has 1 fully saturated rings. The van der Waals surface area contributed by atoms with Crippen LogP contribution in [0.15, 0.2) is 18.2 Å². The predicted molar refractivity (Wildman–Crippen MR) is 66.8 cm³/mol. The smallest absolute Gasteiger partial charge is 0.382 e. The zero-order valence-corrected chi connectivity index (χ0v) is 10.9. The maximum absolute atomic E-state index is 13.1. The van der Waals surface area contributed by atoms with E-state index in [4.69, 9.17) is 11.6 Å². The summed E-state index contributed by atoms with van der Waals surface area (Å²) in [5, 5.41) is 3.17. The highest BCUT2D eigenvalue weighted by Crippen LogP contribution is 2.38. The summed E-state index contributed by atoms with van der Waals surface area (Å²) in [6.07, 6.45) is -2.78. The van der Waals surface area contributed by atoms with E-state index in [0.29, 0.717) is 18.5 Å². The fraction of sp³-hybridized carbons (Fsp3) is 0.538. The molecule has 0 aromatic heterocycles. The maximum Gasteiger partial charge on any atom is 0.391 e. The minimum absolute atomic E-state index is 0.0254. The van der Waals surface area contributed by atoms with Gasteiger partial charge in [0.1, 0.15) is 5.82 Å². The van der Waals surface area contributed by atoms with Crippen molar-refractivity contribution in [3.05, 3.63) is 29.0 Å². The van der Waals surface area contributed by atoms with Gasteiger partial charge in [0.15, 0.2) is 0 Å². The first-order valence-corrected chi connectivity index (χ1v) is 6.52. The first-order valence-electron chi connectivity index (χ1n) is 6.14. The van der Waals surface area contributed by atoms with Crippen LogP contribution in [0.5, 0.6) is 0 Å². The summed E-state index contributed by atoms with van der Waals surface area (Å²) >= 11 is 5.71. The van der Waals surface area contributed by atoms with Gasteiger partial charge in [0.2, 0.25) is 0 Å². The lowest BCUT2D eigenvalue weighted by atomic mass is 9.85. The Labute approximate surface area is 113 Å². The first kappa shape index (κ1) is 14.4. The number of alkyl halides is 3. The van der Waals surface area contributed by atoms with Crippen LogP contribution in [0.2, 0.25) is 5.02 Å². The molecule has 0 heterocycles. The number of hydrogen-bond donors (Lipinski definition) is 1. The van der Waals surface area contributed by atoms with E-state index >= 15 is 0 Å². The third-order valence-corrected chi connectivity index (χ3v) is 3.59. The molecule has 0 radical (unpaired) electrons. The van der Waals surface area contributed by atoms with Gasteiger partial charge >= 0.3 is 6.18 Å². The van der Waals surface area contributed by atoms with Crippen molar-refractivity contribution in [1.82, 2.24) is 0 Å².